The van der Waals surface area contributed by atoms with Gasteiger partial charge in [0.15, 0.2) is 5.82 Å². The van der Waals surface area contributed by atoms with Crippen molar-refractivity contribution in [2.24, 2.45) is 0 Å². The lowest BCUT2D eigenvalue weighted by Gasteiger charge is -2.36. The van der Waals surface area contributed by atoms with E-state index in [1.54, 1.807) is 0 Å². The molecule has 1 aromatic carbocycles. The summed E-state index contributed by atoms with van der Waals surface area (Å²) in [5.74, 6) is 1.75. The predicted octanol–water partition coefficient (Wildman–Crippen LogP) is 2.94. The molecule has 1 aromatic heterocycles. The van der Waals surface area contributed by atoms with E-state index in [-0.39, 0.29) is 12.0 Å². The van der Waals surface area contributed by atoms with Gasteiger partial charge in [-0.15, -0.1) is 0 Å². The Morgan fingerprint density at radius 3 is 2.52 bits per heavy atom. The lowest BCUT2D eigenvalue weighted by molar-refractivity contribution is 0.0845. The third kappa shape index (κ3) is 4.06. The lowest BCUT2D eigenvalue weighted by atomic mass is 10.1. The molecule has 2 heterocycles. The Morgan fingerprint density at radius 1 is 1.16 bits per heavy atom. The van der Waals surface area contributed by atoms with Crippen LogP contribution >= 0.6 is 0 Å². The molecule has 0 N–H and O–H groups in total. The van der Waals surface area contributed by atoms with Gasteiger partial charge in [-0.05, 0) is 18.6 Å². The fourth-order valence-electron chi connectivity index (χ4n) is 3.12. The van der Waals surface area contributed by atoms with E-state index < -0.39 is 0 Å². The van der Waals surface area contributed by atoms with Crippen molar-refractivity contribution in [3.8, 4) is 6.07 Å². The van der Waals surface area contributed by atoms with Crippen LogP contribution in [0.2, 0.25) is 0 Å². The molecule has 0 spiro atoms. The van der Waals surface area contributed by atoms with Crippen molar-refractivity contribution in [2.75, 3.05) is 26.2 Å². The molecule has 132 valence electrons. The van der Waals surface area contributed by atoms with Gasteiger partial charge in [-0.2, -0.15) is 10.2 Å². The second kappa shape index (κ2) is 7.77. The Labute approximate surface area is 149 Å². The van der Waals surface area contributed by atoms with Gasteiger partial charge in [-0.25, -0.2) is 0 Å². The van der Waals surface area contributed by atoms with E-state index in [0.29, 0.717) is 5.89 Å². The van der Waals surface area contributed by atoms with E-state index in [9.17, 15) is 5.26 Å². The Kier molecular flexibility index (Phi) is 5.47. The number of piperazine rings is 1. The van der Waals surface area contributed by atoms with E-state index in [4.69, 9.17) is 4.52 Å². The number of rotatable bonds is 5. The van der Waals surface area contributed by atoms with Crippen molar-refractivity contribution in [3.63, 3.8) is 0 Å². The van der Waals surface area contributed by atoms with Crippen molar-refractivity contribution in [1.82, 2.24) is 19.9 Å². The molecule has 1 atom stereocenters. The minimum Gasteiger partial charge on any atom is -0.338 e. The summed E-state index contributed by atoms with van der Waals surface area (Å²) in [5, 5.41) is 13.3. The van der Waals surface area contributed by atoms with Gasteiger partial charge < -0.3 is 4.52 Å². The van der Waals surface area contributed by atoms with Crippen LogP contribution in [0.1, 0.15) is 55.6 Å². The molecule has 2 aromatic rings. The maximum atomic E-state index is 9.23. The average Bonchev–Trinajstić information content (AvgIpc) is 3.13. The largest absolute Gasteiger partial charge is 0.338 e. The molecule has 0 saturated carbocycles. The van der Waals surface area contributed by atoms with Crippen molar-refractivity contribution in [3.05, 3.63) is 47.1 Å². The molecule has 1 saturated heterocycles. The smallest absolute Gasteiger partial charge is 0.243 e. The second-order valence-corrected chi connectivity index (χ2v) is 6.90. The quantitative estimate of drug-likeness (QED) is 0.834. The number of hydrogen-bond donors (Lipinski definition) is 0. The van der Waals surface area contributed by atoms with E-state index >= 15 is 0 Å². The highest BCUT2D eigenvalue weighted by molar-refractivity contribution is 5.37. The standard InChI is InChI=1S/C19H25N5O/c1-14(2)18-21-19(25-22-18)15(3)24-10-8-23(9-11-24)13-17-7-5-4-6-16(17)12-20/h4-7,14-15H,8-11,13H2,1-3H3. The summed E-state index contributed by atoms with van der Waals surface area (Å²) in [5.41, 5.74) is 1.87. The molecule has 25 heavy (non-hydrogen) atoms. The molecule has 1 aliphatic rings. The normalized spacial score (nSPS) is 17.6. The monoisotopic (exact) mass is 339 g/mol. The summed E-state index contributed by atoms with van der Waals surface area (Å²) in [6.45, 7) is 10.9. The van der Waals surface area contributed by atoms with Crippen molar-refractivity contribution < 1.29 is 4.52 Å². The van der Waals surface area contributed by atoms with Crippen LogP contribution in [-0.4, -0.2) is 46.1 Å². The third-order valence-corrected chi connectivity index (χ3v) is 4.82. The lowest BCUT2D eigenvalue weighted by Crippen LogP contribution is -2.46. The van der Waals surface area contributed by atoms with Crippen LogP contribution in [-0.2, 0) is 6.54 Å². The van der Waals surface area contributed by atoms with Gasteiger partial charge in [0, 0.05) is 38.6 Å². The van der Waals surface area contributed by atoms with Crippen LogP contribution in [0.3, 0.4) is 0 Å². The predicted molar refractivity (Wildman–Crippen MR) is 94.8 cm³/mol. The van der Waals surface area contributed by atoms with Gasteiger partial charge in [-0.1, -0.05) is 37.2 Å². The summed E-state index contributed by atoms with van der Waals surface area (Å²) in [6.07, 6.45) is 0. The Bertz CT molecular complexity index is 740. The van der Waals surface area contributed by atoms with E-state index in [1.165, 1.54) is 0 Å². The molecule has 1 fully saturated rings. The van der Waals surface area contributed by atoms with Crippen molar-refractivity contribution >= 4 is 0 Å². The molecule has 0 radical (unpaired) electrons. The third-order valence-electron chi connectivity index (χ3n) is 4.82. The van der Waals surface area contributed by atoms with Gasteiger partial charge in [0.1, 0.15) is 0 Å². The van der Waals surface area contributed by atoms with Crippen LogP contribution in [0.15, 0.2) is 28.8 Å². The zero-order valence-corrected chi connectivity index (χ0v) is 15.1. The maximum Gasteiger partial charge on any atom is 0.243 e. The molecule has 1 unspecified atom stereocenters. The summed E-state index contributed by atoms with van der Waals surface area (Å²) < 4.78 is 5.44. The molecule has 0 bridgehead atoms. The zero-order valence-electron chi connectivity index (χ0n) is 15.1. The molecule has 3 rings (SSSR count). The van der Waals surface area contributed by atoms with Gasteiger partial charge in [0.05, 0.1) is 17.7 Å². The van der Waals surface area contributed by atoms with Crippen LogP contribution in [0, 0.1) is 11.3 Å². The van der Waals surface area contributed by atoms with Crippen LogP contribution < -0.4 is 0 Å². The molecule has 6 nitrogen and oxygen atoms in total. The maximum absolute atomic E-state index is 9.23. The number of hydrogen-bond acceptors (Lipinski definition) is 6. The minimum atomic E-state index is 0.133. The van der Waals surface area contributed by atoms with Gasteiger partial charge >= 0.3 is 0 Å². The summed E-state index contributed by atoms with van der Waals surface area (Å²) in [6, 6.07) is 10.2. The molecule has 6 heteroatoms. The SMILES string of the molecule is CC(C)c1noc(C(C)N2CCN(Cc3ccccc3C#N)CC2)n1. The Balaban J connectivity index is 1.57. The highest BCUT2D eigenvalue weighted by Crippen LogP contribution is 2.22. The first-order valence-corrected chi connectivity index (χ1v) is 8.86. The van der Waals surface area contributed by atoms with E-state index in [0.717, 1.165) is 49.7 Å². The van der Waals surface area contributed by atoms with Gasteiger partial charge in [0.25, 0.3) is 0 Å². The second-order valence-electron chi connectivity index (χ2n) is 6.90. The average molecular weight is 339 g/mol. The first-order valence-electron chi connectivity index (χ1n) is 8.86. The number of nitriles is 1. The molecule has 1 aliphatic heterocycles. The zero-order chi connectivity index (χ0) is 17.8. The Hall–Kier alpha value is -2.23. The number of nitrogens with zero attached hydrogens (tertiary/aromatic N) is 5. The fourth-order valence-corrected chi connectivity index (χ4v) is 3.12. The topological polar surface area (TPSA) is 69.2 Å². The number of benzene rings is 1. The number of aromatic nitrogens is 2. The molecular formula is C19H25N5O. The summed E-state index contributed by atoms with van der Waals surface area (Å²) >= 11 is 0. The molecule has 0 amide bonds. The van der Waals surface area contributed by atoms with Gasteiger partial charge in [-0.3, -0.25) is 9.80 Å². The summed E-state index contributed by atoms with van der Waals surface area (Å²) in [4.78, 5) is 9.30. The van der Waals surface area contributed by atoms with Crippen LogP contribution in [0.4, 0.5) is 0 Å². The first-order chi connectivity index (χ1) is 12.1. The van der Waals surface area contributed by atoms with E-state index in [1.807, 2.05) is 24.3 Å². The van der Waals surface area contributed by atoms with Crippen molar-refractivity contribution in [2.45, 2.75) is 39.3 Å². The Morgan fingerprint density at radius 2 is 1.88 bits per heavy atom. The summed E-state index contributed by atoms with van der Waals surface area (Å²) in [7, 11) is 0. The fraction of sp³-hybridized carbons (Fsp3) is 0.526. The van der Waals surface area contributed by atoms with Crippen LogP contribution in [0.25, 0.3) is 0 Å². The first kappa shape index (κ1) is 17.6. The van der Waals surface area contributed by atoms with Crippen molar-refractivity contribution in [1.29, 1.82) is 5.26 Å². The molecule has 0 aliphatic carbocycles. The molecular weight excluding hydrogens is 314 g/mol. The highest BCUT2D eigenvalue weighted by atomic mass is 16.5. The minimum absolute atomic E-state index is 0.133. The van der Waals surface area contributed by atoms with E-state index in [2.05, 4.69) is 46.8 Å². The highest BCUT2D eigenvalue weighted by Gasteiger charge is 2.26. The van der Waals surface area contributed by atoms with Gasteiger partial charge in [0.2, 0.25) is 5.89 Å². The van der Waals surface area contributed by atoms with Crippen LogP contribution in [0.5, 0.6) is 0 Å².